The smallest absolute Gasteiger partial charge is 0.242 e. The molecule has 1 fully saturated rings. The van der Waals surface area contributed by atoms with Gasteiger partial charge >= 0.3 is 0 Å². The van der Waals surface area contributed by atoms with Crippen molar-refractivity contribution in [1.29, 1.82) is 5.26 Å². The Labute approximate surface area is 120 Å². The van der Waals surface area contributed by atoms with Crippen LogP contribution >= 0.6 is 0 Å². The summed E-state index contributed by atoms with van der Waals surface area (Å²) in [5.74, 6) is 0.316. The lowest BCUT2D eigenvalue weighted by molar-refractivity contribution is 0.457. The SMILES string of the molecule is CC1(C)C(CNS(=O)(=O)c2ccc(C#N)nc2)C1(C)C. The Kier molecular flexibility index (Phi) is 3.39. The van der Waals surface area contributed by atoms with Crippen LogP contribution in [0.15, 0.2) is 23.2 Å². The fourth-order valence-electron chi connectivity index (χ4n) is 2.73. The Morgan fingerprint density at radius 2 is 1.90 bits per heavy atom. The van der Waals surface area contributed by atoms with Gasteiger partial charge in [0.2, 0.25) is 10.0 Å². The van der Waals surface area contributed by atoms with E-state index in [1.165, 1.54) is 18.3 Å². The van der Waals surface area contributed by atoms with E-state index in [0.29, 0.717) is 12.5 Å². The first kappa shape index (κ1) is 14.9. The van der Waals surface area contributed by atoms with Crippen LogP contribution in [0.4, 0.5) is 0 Å². The van der Waals surface area contributed by atoms with E-state index >= 15 is 0 Å². The Hall–Kier alpha value is -1.45. The first-order valence-corrected chi connectivity index (χ1v) is 7.97. The fourth-order valence-corrected chi connectivity index (χ4v) is 3.72. The van der Waals surface area contributed by atoms with Crippen LogP contribution in [0.25, 0.3) is 0 Å². The minimum Gasteiger partial charge on any atom is -0.244 e. The fraction of sp³-hybridized carbons (Fsp3) is 0.571. The van der Waals surface area contributed by atoms with E-state index in [1.54, 1.807) is 0 Å². The Morgan fingerprint density at radius 1 is 1.30 bits per heavy atom. The molecule has 1 saturated carbocycles. The maximum Gasteiger partial charge on any atom is 0.242 e. The highest BCUT2D eigenvalue weighted by atomic mass is 32.2. The van der Waals surface area contributed by atoms with E-state index in [-0.39, 0.29) is 21.4 Å². The molecule has 1 aliphatic carbocycles. The van der Waals surface area contributed by atoms with Crippen LogP contribution in [0.1, 0.15) is 33.4 Å². The summed E-state index contributed by atoms with van der Waals surface area (Å²) >= 11 is 0. The number of hydrogen-bond acceptors (Lipinski definition) is 4. The van der Waals surface area contributed by atoms with E-state index < -0.39 is 10.0 Å². The second-order valence-corrected chi connectivity index (χ2v) is 8.11. The molecular formula is C14H19N3O2S. The molecule has 1 aliphatic rings. The van der Waals surface area contributed by atoms with Gasteiger partial charge in [0.15, 0.2) is 0 Å². The maximum atomic E-state index is 12.2. The molecule has 0 bridgehead atoms. The lowest BCUT2D eigenvalue weighted by atomic mass is 10.0. The lowest BCUT2D eigenvalue weighted by Gasteiger charge is -2.07. The summed E-state index contributed by atoms with van der Waals surface area (Å²) in [6.45, 7) is 9.01. The quantitative estimate of drug-likeness (QED) is 0.919. The third kappa shape index (κ3) is 2.32. The van der Waals surface area contributed by atoms with E-state index in [2.05, 4.69) is 37.4 Å². The molecule has 0 aromatic carbocycles. The molecule has 0 radical (unpaired) electrons. The van der Waals surface area contributed by atoms with Gasteiger partial charge in [0.05, 0.1) is 0 Å². The second-order valence-electron chi connectivity index (χ2n) is 6.34. The summed E-state index contributed by atoms with van der Waals surface area (Å²) in [6.07, 6.45) is 1.21. The first-order valence-electron chi connectivity index (χ1n) is 6.49. The molecule has 1 aromatic rings. The van der Waals surface area contributed by atoms with Crippen LogP contribution in [-0.4, -0.2) is 19.9 Å². The molecule has 0 atom stereocenters. The molecule has 2 rings (SSSR count). The molecule has 1 aromatic heterocycles. The number of nitriles is 1. The van der Waals surface area contributed by atoms with Crippen molar-refractivity contribution in [3.8, 4) is 6.07 Å². The summed E-state index contributed by atoms with van der Waals surface area (Å²) < 4.78 is 26.9. The van der Waals surface area contributed by atoms with Crippen molar-refractivity contribution in [2.24, 2.45) is 16.7 Å². The number of aromatic nitrogens is 1. The molecule has 0 amide bonds. The highest BCUT2D eigenvalue weighted by Gasteiger charge is 2.64. The topological polar surface area (TPSA) is 82.9 Å². The molecule has 6 heteroatoms. The summed E-state index contributed by atoms with van der Waals surface area (Å²) in [5, 5.41) is 8.65. The van der Waals surface area contributed by atoms with Crippen molar-refractivity contribution >= 4 is 10.0 Å². The lowest BCUT2D eigenvalue weighted by Crippen LogP contribution is -2.27. The zero-order chi connectivity index (χ0) is 15.2. The summed E-state index contributed by atoms with van der Waals surface area (Å²) in [4.78, 5) is 3.87. The monoisotopic (exact) mass is 293 g/mol. The van der Waals surface area contributed by atoms with Gasteiger partial charge in [-0.25, -0.2) is 18.1 Å². The molecule has 20 heavy (non-hydrogen) atoms. The normalized spacial score (nSPS) is 20.4. The first-order chi connectivity index (χ1) is 9.13. The van der Waals surface area contributed by atoms with Gasteiger partial charge in [-0.3, -0.25) is 0 Å². The number of nitrogens with one attached hydrogen (secondary N) is 1. The van der Waals surface area contributed by atoms with Crippen molar-refractivity contribution in [1.82, 2.24) is 9.71 Å². The Morgan fingerprint density at radius 3 is 2.30 bits per heavy atom. The minimum atomic E-state index is -3.56. The maximum absolute atomic E-state index is 12.2. The third-order valence-electron chi connectivity index (χ3n) is 4.96. The standard InChI is InChI=1S/C14H19N3O2S/c1-13(2)12(14(13,3)4)9-17-20(18,19)11-6-5-10(7-15)16-8-11/h5-6,8,12,17H,9H2,1-4H3. The highest BCUT2D eigenvalue weighted by Crippen LogP contribution is 2.67. The molecular weight excluding hydrogens is 274 g/mol. The summed E-state index contributed by atoms with van der Waals surface area (Å²) in [7, 11) is -3.56. The van der Waals surface area contributed by atoms with E-state index in [4.69, 9.17) is 5.26 Å². The molecule has 0 aliphatic heterocycles. The van der Waals surface area contributed by atoms with Crippen molar-refractivity contribution in [3.63, 3.8) is 0 Å². The van der Waals surface area contributed by atoms with E-state index in [9.17, 15) is 8.42 Å². The van der Waals surface area contributed by atoms with Crippen LogP contribution in [0.2, 0.25) is 0 Å². The Bertz CT molecular complexity index is 641. The van der Waals surface area contributed by atoms with Gasteiger partial charge in [0.1, 0.15) is 16.7 Å². The van der Waals surface area contributed by atoms with E-state index in [0.717, 1.165) is 0 Å². The van der Waals surface area contributed by atoms with Gasteiger partial charge < -0.3 is 0 Å². The number of rotatable bonds is 4. The minimum absolute atomic E-state index is 0.0905. The van der Waals surface area contributed by atoms with Crippen LogP contribution in [-0.2, 0) is 10.0 Å². The van der Waals surface area contributed by atoms with Crippen LogP contribution in [0.5, 0.6) is 0 Å². The van der Waals surface area contributed by atoms with Gasteiger partial charge in [-0.1, -0.05) is 27.7 Å². The highest BCUT2D eigenvalue weighted by molar-refractivity contribution is 7.89. The molecule has 0 spiro atoms. The van der Waals surface area contributed by atoms with Gasteiger partial charge in [-0.15, -0.1) is 0 Å². The molecule has 1 N–H and O–H groups in total. The Balaban J connectivity index is 2.07. The molecule has 1 heterocycles. The molecule has 0 unspecified atom stereocenters. The largest absolute Gasteiger partial charge is 0.244 e. The summed E-state index contributed by atoms with van der Waals surface area (Å²) in [6, 6.07) is 4.66. The van der Waals surface area contributed by atoms with Gasteiger partial charge in [-0.2, -0.15) is 5.26 Å². The van der Waals surface area contributed by atoms with Gasteiger partial charge in [0, 0.05) is 12.7 Å². The summed E-state index contributed by atoms with van der Waals surface area (Å²) in [5.41, 5.74) is 0.477. The van der Waals surface area contributed by atoms with Crippen molar-refractivity contribution in [2.45, 2.75) is 32.6 Å². The molecule has 108 valence electrons. The number of nitrogens with zero attached hydrogens (tertiary/aromatic N) is 2. The second kappa shape index (κ2) is 4.54. The van der Waals surface area contributed by atoms with Crippen LogP contribution in [0, 0.1) is 28.1 Å². The van der Waals surface area contributed by atoms with Crippen LogP contribution in [0.3, 0.4) is 0 Å². The number of hydrogen-bond donors (Lipinski definition) is 1. The zero-order valence-electron chi connectivity index (χ0n) is 12.1. The van der Waals surface area contributed by atoms with Crippen molar-refractivity contribution in [2.75, 3.05) is 6.54 Å². The predicted octanol–water partition coefficient (Wildman–Crippen LogP) is 1.91. The zero-order valence-corrected chi connectivity index (χ0v) is 13.0. The van der Waals surface area contributed by atoms with Crippen molar-refractivity contribution < 1.29 is 8.42 Å². The van der Waals surface area contributed by atoms with Gasteiger partial charge in [-0.05, 0) is 28.9 Å². The average Bonchev–Trinajstić information content (AvgIpc) is 2.77. The molecule has 0 saturated heterocycles. The number of sulfonamides is 1. The third-order valence-corrected chi connectivity index (χ3v) is 6.37. The van der Waals surface area contributed by atoms with Crippen molar-refractivity contribution in [3.05, 3.63) is 24.0 Å². The average molecular weight is 293 g/mol. The van der Waals surface area contributed by atoms with E-state index in [1.807, 2.05) is 6.07 Å². The molecule has 5 nitrogen and oxygen atoms in total. The number of pyridine rings is 1. The van der Waals surface area contributed by atoms with Crippen LogP contribution < -0.4 is 4.72 Å². The predicted molar refractivity (Wildman–Crippen MR) is 75.2 cm³/mol. The van der Waals surface area contributed by atoms with Gasteiger partial charge in [0.25, 0.3) is 0 Å².